The summed E-state index contributed by atoms with van der Waals surface area (Å²) in [6.45, 7) is -0.527. The molecule has 0 unspecified atom stereocenters. The maximum atomic E-state index is 12.0. The summed E-state index contributed by atoms with van der Waals surface area (Å²) < 4.78 is 5.24. The number of fused-ring (bicyclic) bond motifs is 1. The number of carbonyl (C=O) groups is 2. The van der Waals surface area contributed by atoms with Crippen molar-refractivity contribution in [2.75, 3.05) is 11.9 Å². The van der Waals surface area contributed by atoms with Crippen molar-refractivity contribution in [1.82, 2.24) is 0 Å². The Morgan fingerprint density at radius 3 is 2.92 bits per heavy atom. The smallest absolute Gasteiger partial charge is 0.405 e. The number of esters is 1. The maximum absolute atomic E-state index is 12.0. The number of anilines is 1. The summed E-state index contributed by atoms with van der Waals surface area (Å²) in [6, 6.07) is 6.48. The van der Waals surface area contributed by atoms with Gasteiger partial charge in [-0.3, -0.25) is 4.79 Å². The normalized spacial score (nSPS) is 12.8. The quantitative estimate of drug-likeness (QED) is 0.511. The van der Waals surface area contributed by atoms with Crippen LogP contribution in [0.1, 0.15) is 39.3 Å². The van der Waals surface area contributed by atoms with Crippen molar-refractivity contribution in [3.63, 3.8) is 0 Å². The van der Waals surface area contributed by atoms with Crippen LogP contribution in [-0.4, -0.2) is 18.5 Å². The lowest BCUT2D eigenvalue weighted by atomic mass is 9.96. The molecular weight excluding hydrogens is 342 g/mol. The molecule has 2 aromatic rings. The van der Waals surface area contributed by atoms with Crippen LogP contribution in [0.5, 0.6) is 0 Å². The van der Waals surface area contributed by atoms with Crippen molar-refractivity contribution in [1.29, 1.82) is 5.26 Å². The second kappa shape index (κ2) is 7.32. The predicted molar refractivity (Wildman–Crippen MR) is 90.0 cm³/mol. The molecule has 7 nitrogen and oxygen atoms in total. The van der Waals surface area contributed by atoms with Gasteiger partial charge in [0.2, 0.25) is 0 Å². The summed E-state index contributed by atoms with van der Waals surface area (Å²) in [6.07, 6.45) is 5.05. The molecule has 2 aromatic heterocycles. The third kappa shape index (κ3) is 3.61. The van der Waals surface area contributed by atoms with Gasteiger partial charge in [0.05, 0.1) is 5.56 Å². The van der Waals surface area contributed by atoms with Crippen LogP contribution in [0.4, 0.5) is 5.00 Å². The van der Waals surface area contributed by atoms with E-state index in [0.717, 1.165) is 36.1 Å². The second-order valence-corrected chi connectivity index (χ2v) is 6.67. The van der Waals surface area contributed by atoms with E-state index in [0.29, 0.717) is 15.3 Å². The van der Waals surface area contributed by atoms with Crippen LogP contribution < -0.4 is 10.0 Å². The molecule has 0 aliphatic heterocycles. The van der Waals surface area contributed by atoms with E-state index in [2.05, 4.69) is 11.4 Å². The Kier molecular flexibility index (Phi) is 4.95. The first-order valence-corrected chi connectivity index (χ1v) is 8.61. The first-order valence-electron chi connectivity index (χ1n) is 7.80. The standard InChI is InChI=1S/C17H15N3O4S/c18-9-12-11-5-1-2-7-14(11)25-16(12)19-15(21)10-24-17(22)13-6-3-4-8-20(13)23/h3-4,6,8H,1-2,5,7,10H2,(H,19,21). The molecule has 1 N–H and O–H groups in total. The lowest BCUT2D eigenvalue weighted by Gasteiger charge is -2.09. The van der Waals surface area contributed by atoms with E-state index in [9.17, 15) is 20.1 Å². The Morgan fingerprint density at radius 2 is 2.16 bits per heavy atom. The van der Waals surface area contributed by atoms with Crippen molar-refractivity contribution >= 4 is 28.2 Å². The molecule has 0 atom stereocenters. The fourth-order valence-electron chi connectivity index (χ4n) is 2.73. The van der Waals surface area contributed by atoms with E-state index in [4.69, 9.17) is 4.74 Å². The van der Waals surface area contributed by atoms with E-state index < -0.39 is 18.5 Å². The highest BCUT2D eigenvalue weighted by Gasteiger charge is 2.23. The zero-order valence-electron chi connectivity index (χ0n) is 13.3. The first-order chi connectivity index (χ1) is 12.1. The molecule has 128 valence electrons. The zero-order valence-corrected chi connectivity index (χ0v) is 14.1. The Hall–Kier alpha value is -2.92. The Morgan fingerprint density at radius 1 is 1.36 bits per heavy atom. The minimum Gasteiger partial charge on any atom is -0.618 e. The van der Waals surface area contributed by atoms with E-state index >= 15 is 0 Å². The van der Waals surface area contributed by atoms with Crippen molar-refractivity contribution in [2.24, 2.45) is 0 Å². The minimum absolute atomic E-state index is 0.195. The van der Waals surface area contributed by atoms with Crippen molar-refractivity contribution in [2.45, 2.75) is 25.7 Å². The van der Waals surface area contributed by atoms with E-state index in [-0.39, 0.29) is 5.69 Å². The van der Waals surface area contributed by atoms with Gasteiger partial charge < -0.3 is 15.3 Å². The number of ether oxygens (including phenoxy) is 1. The predicted octanol–water partition coefficient (Wildman–Crippen LogP) is 1.93. The van der Waals surface area contributed by atoms with Crippen LogP contribution in [0.25, 0.3) is 0 Å². The summed E-state index contributed by atoms with van der Waals surface area (Å²) in [5, 5.41) is 24.0. The SMILES string of the molecule is N#Cc1c(NC(=O)COC(=O)c2cccc[n+]2[O-])sc2c1CCCC2. The van der Waals surface area contributed by atoms with Crippen LogP contribution in [0.15, 0.2) is 24.4 Å². The summed E-state index contributed by atoms with van der Waals surface area (Å²) in [7, 11) is 0. The topological polar surface area (TPSA) is 106 Å². The molecule has 0 saturated carbocycles. The Balaban J connectivity index is 1.64. The van der Waals surface area contributed by atoms with Gasteiger partial charge in [-0.1, -0.05) is 0 Å². The van der Waals surface area contributed by atoms with Crippen molar-refractivity contribution in [3.8, 4) is 6.07 Å². The molecule has 1 aliphatic carbocycles. The molecule has 2 heterocycles. The second-order valence-electron chi connectivity index (χ2n) is 5.56. The van der Waals surface area contributed by atoms with Crippen LogP contribution >= 0.6 is 11.3 Å². The molecule has 0 saturated heterocycles. The van der Waals surface area contributed by atoms with E-state index in [1.165, 1.54) is 35.7 Å². The van der Waals surface area contributed by atoms with Gasteiger partial charge in [0.15, 0.2) is 12.8 Å². The van der Waals surface area contributed by atoms with Gasteiger partial charge in [-0.05, 0) is 37.3 Å². The molecule has 0 aromatic carbocycles. The van der Waals surface area contributed by atoms with Gasteiger partial charge in [-0.25, -0.2) is 4.79 Å². The number of carbonyl (C=O) groups excluding carboxylic acids is 2. The Bertz CT molecular complexity index is 869. The number of hydrogen-bond acceptors (Lipinski definition) is 6. The number of amides is 1. The van der Waals surface area contributed by atoms with Gasteiger partial charge in [-0.15, -0.1) is 11.3 Å². The monoisotopic (exact) mass is 357 g/mol. The van der Waals surface area contributed by atoms with Crippen LogP contribution in [0, 0.1) is 16.5 Å². The molecule has 0 spiro atoms. The molecule has 1 aliphatic rings. The largest absolute Gasteiger partial charge is 0.618 e. The number of nitriles is 1. The molecule has 8 heteroatoms. The summed E-state index contributed by atoms with van der Waals surface area (Å²) in [5.41, 5.74) is 1.32. The summed E-state index contributed by atoms with van der Waals surface area (Å²) in [5.74, 6) is -1.42. The van der Waals surface area contributed by atoms with Gasteiger partial charge in [0.1, 0.15) is 11.1 Å². The van der Waals surface area contributed by atoms with Crippen molar-refractivity contribution < 1.29 is 19.1 Å². The fourth-order valence-corrected chi connectivity index (χ4v) is 3.98. The van der Waals surface area contributed by atoms with Gasteiger partial charge in [0, 0.05) is 17.0 Å². The number of nitrogens with one attached hydrogen (secondary N) is 1. The van der Waals surface area contributed by atoms with Crippen LogP contribution in [0.2, 0.25) is 0 Å². The van der Waals surface area contributed by atoms with Gasteiger partial charge in [0.25, 0.3) is 5.91 Å². The summed E-state index contributed by atoms with van der Waals surface area (Å²) >= 11 is 1.40. The molecule has 25 heavy (non-hydrogen) atoms. The maximum Gasteiger partial charge on any atom is 0.405 e. The first kappa shape index (κ1) is 16.9. The molecule has 3 rings (SSSR count). The van der Waals surface area contributed by atoms with Gasteiger partial charge >= 0.3 is 11.7 Å². The highest BCUT2D eigenvalue weighted by atomic mass is 32.1. The molecular formula is C17H15N3O4S. The number of aromatic nitrogens is 1. The number of hydrogen-bond donors (Lipinski definition) is 1. The third-order valence-corrected chi connectivity index (χ3v) is 5.11. The number of rotatable bonds is 4. The average molecular weight is 357 g/mol. The highest BCUT2D eigenvalue weighted by molar-refractivity contribution is 7.16. The van der Waals surface area contributed by atoms with Crippen LogP contribution in [-0.2, 0) is 22.4 Å². The number of thiophene rings is 1. The third-order valence-electron chi connectivity index (χ3n) is 3.90. The lowest BCUT2D eigenvalue weighted by molar-refractivity contribution is -0.608. The summed E-state index contributed by atoms with van der Waals surface area (Å²) in [4.78, 5) is 25.0. The number of pyridine rings is 1. The number of aryl methyl sites for hydroxylation is 1. The average Bonchev–Trinajstić information content (AvgIpc) is 2.97. The molecule has 0 fully saturated rings. The Labute approximate surface area is 148 Å². The van der Waals surface area contributed by atoms with Crippen LogP contribution in [0.3, 0.4) is 0 Å². The van der Waals surface area contributed by atoms with E-state index in [1.54, 1.807) is 0 Å². The lowest BCUT2D eigenvalue weighted by Crippen LogP contribution is -2.35. The van der Waals surface area contributed by atoms with Gasteiger partial charge in [-0.2, -0.15) is 9.99 Å². The zero-order chi connectivity index (χ0) is 17.8. The number of nitrogens with zero attached hydrogens (tertiary/aromatic N) is 2. The highest BCUT2D eigenvalue weighted by Crippen LogP contribution is 2.37. The fraction of sp³-hybridized carbons (Fsp3) is 0.294. The van der Waals surface area contributed by atoms with Crippen molar-refractivity contribution in [3.05, 3.63) is 51.3 Å². The minimum atomic E-state index is -0.878. The van der Waals surface area contributed by atoms with E-state index in [1.807, 2.05) is 0 Å². The molecule has 0 bridgehead atoms. The molecule has 0 radical (unpaired) electrons. The molecule has 1 amide bonds.